The highest BCUT2D eigenvalue weighted by Gasteiger charge is 2.23. The number of likely N-dealkylation sites (tertiary alicyclic amines) is 1. The number of nitrogens with one attached hydrogen (secondary N) is 1. The largest absolute Gasteiger partial charge is 0.399 e. The molecule has 0 bridgehead atoms. The first-order chi connectivity index (χ1) is 17.8. The molecule has 2 aliphatic heterocycles. The molecule has 0 spiro atoms. The van der Waals surface area contributed by atoms with Crippen molar-refractivity contribution in [1.82, 2.24) is 14.7 Å². The number of nitrogens with two attached hydrogens (primary N) is 1. The summed E-state index contributed by atoms with van der Waals surface area (Å²) >= 11 is 0. The summed E-state index contributed by atoms with van der Waals surface area (Å²) in [5, 5.41) is 3.54. The lowest BCUT2D eigenvalue weighted by atomic mass is 10.1. The molecule has 1 amide bonds. The third-order valence-electron chi connectivity index (χ3n) is 6.51. The van der Waals surface area contributed by atoms with E-state index in [2.05, 4.69) is 66.2 Å². The molecule has 6 nitrogen and oxygen atoms in total. The molecule has 2 heterocycles. The van der Waals surface area contributed by atoms with Gasteiger partial charge in [-0.1, -0.05) is 63.6 Å². The van der Waals surface area contributed by atoms with Crippen LogP contribution in [0.25, 0.3) is 0 Å². The van der Waals surface area contributed by atoms with E-state index in [1.807, 2.05) is 50.8 Å². The van der Waals surface area contributed by atoms with E-state index in [1.165, 1.54) is 24.1 Å². The number of carbonyl (C=O) groups is 1. The number of benzene rings is 2. The second-order valence-corrected chi connectivity index (χ2v) is 9.62. The molecule has 2 aromatic carbocycles. The van der Waals surface area contributed by atoms with Gasteiger partial charge in [-0.2, -0.15) is 0 Å². The fourth-order valence-corrected chi connectivity index (χ4v) is 4.53. The average molecular weight is 512 g/mol. The Balaban J connectivity index is 0.000000327. The van der Waals surface area contributed by atoms with Gasteiger partial charge in [-0.05, 0) is 51.0 Å². The molecule has 6 heteroatoms. The lowest BCUT2D eigenvalue weighted by molar-refractivity contribution is -0.130. The van der Waals surface area contributed by atoms with Gasteiger partial charge in [-0.15, -0.1) is 0 Å². The lowest BCUT2D eigenvalue weighted by Gasteiger charge is -2.34. The van der Waals surface area contributed by atoms with Crippen LogP contribution in [0, 0.1) is 6.92 Å². The second kappa shape index (κ2) is 17.8. The van der Waals surface area contributed by atoms with E-state index in [-0.39, 0.29) is 5.91 Å². The topological polar surface area (TPSA) is 64.8 Å². The Hall–Kier alpha value is -2.57. The van der Waals surface area contributed by atoms with Crippen LogP contribution >= 0.6 is 0 Å². The van der Waals surface area contributed by atoms with Gasteiger partial charge < -0.3 is 16.0 Å². The molecular formula is C31H53N5O. The number of piperazine rings is 1. The summed E-state index contributed by atoms with van der Waals surface area (Å²) in [6.07, 6.45) is 1.22. The van der Waals surface area contributed by atoms with E-state index in [0.717, 1.165) is 50.6 Å². The molecule has 3 N–H and O–H groups in total. The Morgan fingerprint density at radius 3 is 2.16 bits per heavy atom. The van der Waals surface area contributed by atoms with Gasteiger partial charge in [0.2, 0.25) is 5.91 Å². The lowest BCUT2D eigenvalue weighted by Crippen LogP contribution is -2.47. The number of anilines is 2. The molecule has 208 valence electrons. The van der Waals surface area contributed by atoms with Crippen LogP contribution in [0.15, 0.2) is 48.5 Å². The number of amides is 1. The molecule has 0 aromatic heterocycles. The van der Waals surface area contributed by atoms with Gasteiger partial charge in [0.25, 0.3) is 0 Å². The highest BCUT2D eigenvalue weighted by atomic mass is 16.2. The number of hydrogen-bond acceptors (Lipinski definition) is 5. The normalized spacial score (nSPS) is 17.5. The van der Waals surface area contributed by atoms with E-state index in [0.29, 0.717) is 12.1 Å². The number of hydrogen-bond donors (Lipinski definition) is 2. The fourth-order valence-electron chi connectivity index (χ4n) is 4.53. The highest BCUT2D eigenvalue weighted by molar-refractivity contribution is 5.73. The minimum Gasteiger partial charge on any atom is -0.399 e. The molecule has 1 unspecified atom stereocenters. The van der Waals surface area contributed by atoms with Crippen molar-refractivity contribution in [3.05, 3.63) is 59.7 Å². The van der Waals surface area contributed by atoms with Crippen LogP contribution in [0.3, 0.4) is 0 Å². The first-order valence-corrected chi connectivity index (χ1v) is 14.2. The van der Waals surface area contributed by atoms with Gasteiger partial charge in [0.15, 0.2) is 0 Å². The molecule has 2 fully saturated rings. The maximum atomic E-state index is 11.2. The third kappa shape index (κ3) is 12.0. The molecule has 1 atom stereocenters. The molecular weight excluding hydrogens is 458 g/mol. The van der Waals surface area contributed by atoms with Crippen LogP contribution in [0.5, 0.6) is 0 Å². The predicted octanol–water partition coefficient (Wildman–Crippen LogP) is 5.87. The first-order valence-electron chi connectivity index (χ1n) is 14.2. The van der Waals surface area contributed by atoms with Crippen molar-refractivity contribution in [2.24, 2.45) is 0 Å². The van der Waals surface area contributed by atoms with Crippen LogP contribution in [-0.2, 0) is 11.3 Å². The zero-order valence-electron chi connectivity index (χ0n) is 24.8. The van der Waals surface area contributed by atoms with Gasteiger partial charge >= 0.3 is 0 Å². The summed E-state index contributed by atoms with van der Waals surface area (Å²) in [7, 11) is 0. The van der Waals surface area contributed by atoms with E-state index >= 15 is 0 Å². The summed E-state index contributed by atoms with van der Waals surface area (Å²) in [4.78, 5) is 18.1. The Kier molecular flexibility index (Phi) is 15.6. The van der Waals surface area contributed by atoms with Crippen LogP contribution < -0.4 is 11.1 Å². The van der Waals surface area contributed by atoms with Crippen LogP contribution in [-0.4, -0.2) is 72.0 Å². The number of nitrogen functional groups attached to an aromatic ring is 1. The third-order valence-corrected chi connectivity index (χ3v) is 6.51. The van der Waals surface area contributed by atoms with Crippen molar-refractivity contribution >= 4 is 17.3 Å². The van der Waals surface area contributed by atoms with E-state index in [9.17, 15) is 4.79 Å². The van der Waals surface area contributed by atoms with Gasteiger partial charge in [0.05, 0.1) is 0 Å². The van der Waals surface area contributed by atoms with E-state index in [4.69, 9.17) is 5.73 Å². The quantitative estimate of drug-likeness (QED) is 0.491. The first kappa shape index (κ1) is 32.5. The second-order valence-electron chi connectivity index (χ2n) is 9.62. The zero-order chi connectivity index (χ0) is 27.8. The van der Waals surface area contributed by atoms with Crippen LogP contribution in [0.1, 0.15) is 66.0 Å². The Labute approximate surface area is 227 Å². The van der Waals surface area contributed by atoms with Crippen LogP contribution in [0.2, 0.25) is 0 Å². The molecule has 37 heavy (non-hydrogen) atoms. The van der Waals surface area contributed by atoms with E-state index < -0.39 is 0 Å². The SMILES string of the molecule is CC.CC.CC(=O)N1CCN(Cc2cccc(C)c2)CC1.CC(C)N1CCC(Nc2cccc(N)c2)C1. The predicted molar refractivity (Wildman–Crippen MR) is 161 cm³/mol. The Morgan fingerprint density at radius 1 is 0.973 bits per heavy atom. The van der Waals surface area contributed by atoms with Gasteiger partial charge in [0.1, 0.15) is 0 Å². The smallest absolute Gasteiger partial charge is 0.219 e. The number of aryl methyl sites for hydroxylation is 1. The van der Waals surface area contributed by atoms with Crippen molar-refractivity contribution in [2.75, 3.05) is 50.3 Å². The molecule has 2 saturated heterocycles. The maximum Gasteiger partial charge on any atom is 0.219 e. The number of nitrogens with zero attached hydrogens (tertiary/aromatic N) is 3. The van der Waals surface area contributed by atoms with Gasteiger partial charge in [-0.3, -0.25) is 14.6 Å². The fraction of sp³-hybridized carbons (Fsp3) is 0.581. The van der Waals surface area contributed by atoms with Crippen molar-refractivity contribution in [3.8, 4) is 0 Å². The van der Waals surface area contributed by atoms with Crippen molar-refractivity contribution in [2.45, 2.75) is 80.4 Å². The minimum atomic E-state index is 0.195. The number of carbonyl (C=O) groups excluding carboxylic acids is 1. The molecule has 0 radical (unpaired) electrons. The molecule has 2 aliphatic rings. The summed E-state index contributed by atoms with van der Waals surface area (Å²) in [5.41, 5.74) is 10.4. The van der Waals surface area contributed by atoms with E-state index in [1.54, 1.807) is 6.92 Å². The van der Waals surface area contributed by atoms with Gasteiger partial charge in [0, 0.05) is 76.2 Å². The summed E-state index contributed by atoms with van der Waals surface area (Å²) in [6, 6.07) is 17.8. The standard InChI is InChI=1S/C14H20N2O.C13H21N3.2C2H6/c1-12-4-3-5-14(10-12)11-15-6-8-16(9-7-15)13(2)17;1-10(2)16-7-6-13(9-16)15-12-5-3-4-11(14)8-12;2*1-2/h3-5,10H,6-9,11H2,1-2H3;3-5,8,10,13,15H,6-7,9,14H2,1-2H3;2*1-2H3. The molecule has 4 rings (SSSR count). The maximum absolute atomic E-state index is 11.2. The zero-order valence-corrected chi connectivity index (χ0v) is 24.8. The molecule has 0 saturated carbocycles. The molecule has 0 aliphatic carbocycles. The summed E-state index contributed by atoms with van der Waals surface area (Å²) in [5.74, 6) is 0.195. The average Bonchev–Trinajstić information content (AvgIpc) is 3.36. The molecule has 2 aromatic rings. The summed E-state index contributed by atoms with van der Waals surface area (Å²) < 4.78 is 0. The van der Waals surface area contributed by atoms with Gasteiger partial charge in [-0.25, -0.2) is 0 Å². The number of rotatable bonds is 5. The van der Waals surface area contributed by atoms with Crippen molar-refractivity contribution < 1.29 is 4.79 Å². The van der Waals surface area contributed by atoms with Crippen LogP contribution in [0.4, 0.5) is 11.4 Å². The Morgan fingerprint density at radius 2 is 1.62 bits per heavy atom. The minimum absolute atomic E-state index is 0.195. The van der Waals surface area contributed by atoms with Crippen molar-refractivity contribution in [3.63, 3.8) is 0 Å². The van der Waals surface area contributed by atoms with Crippen molar-refractivity contribution in [1.29, 1.82) is 0 Å². The Bertz CT molecular complexity index is 893. The monoisotopic (exact) mass is 511 g/mol. The summed E-state index contributed by atoms with van der Waals surface area (Å²) in [6.45, 7) is 23.3. The highest BCUT2D eigenvalue weighted by Crippen LogP contribution is 2.19.